The number of hydrogen-bond acceptors (Lipinski definition) is 9. The third-order valence-electron chi connectivity index (χ3n) is 10.7. The van der Waals surface area contributed by atoms with Crippen molar-refractivity contribution < 1.29 is 29.2 Å². The molecule has 3 aliphatic heterocycles. The maximum absolute atomic E-state index is 13.4. The van der Waals surface area contributed by atoms with Crippen molar-refractivity contribution in [3.05, 3.63) is 47.0 Å². The molecule has 8 rings (SSSR count). The molecule has 3 N–H and O–H groups in total. The summed E-state index contributed by atoms with van der Waals surface area (Å²) in [6.45, 7) is 4.73. The van der Waals surface area contributed by atoms with E-state index in [-0.39, 0.29) is 35.0 Å². The van der Waals surface area contributed by atoms with Gasteiger partial charge in [-0.05, 0) is 62.1 Å². The number of phenols is 1. The van der Waals surface area contributed by atoms with Crippen LogP contribution in [0.4, 0.5) is 0 Å². The van der Waals surface area contributed by atoms with Crippen LogP contribution in [0.2, 0.25) is 0 Å². The fourth-order valence-electron chi connectivity index (χ4n) is 8.70. The van der Waals surface area contributed by atoms with Gasteiger partial charge in [0.15, 0.2) is 29.6 Å². The van der Waals surface area contributed by atoms with E-state index in [2.05, 4.69) is 33.2 Å². The van der Waals surface area contributed by atoms with E-state index in [1.807, 2.05) is 0 Å². The van der Waals surface area contributed by atoms with E-state index in [1.54, 1.807) is 13.2 Å². The Bertz CT molecular complexity index is 1380. The molecular weight excluding hydrogens is 512 g/mol. The predicted octanol–water partition coefficient (Wildman–Crippen LogP) is 2.08. The van der Waals surface area contributed by atoms with Crippen LogP contribution in [0.15, 0.2) is 24.5 Å². The van der Waals surface area contributed by atoms with Crippen molar-refractivity contribution in [3.63, 3.8) is 0 Å². The van der Waals surface area contributed by atoms with E-state index >= 15 is 0 Å². The molecule has 40 heavy (non-hydrogen) atoms. The highest BCUT2D eigenvalue weighted by Crippen LogP contribution is 2.66. The molecule has 2 saturated heterocycles. The minimum Gasteiger partial charge on any atom is -0.504 e. The molecule has 1 amide bonds. The van der Waals surface area contributed by atoms with Gasteiger partial charge >= 0.3 is 0 Å². The highest BCUT2D eigenvalue weighted by Gasteiger charge is 2.70. The lowest BCUT2D eigenvalue weighted by Gasteiger charge is -2.63. The number of nitrogens with one attached hydrogen (secondary N) is 1. The van der Waals surface area contributed by atoms with Gasteiger partial charge in [0, 0.05) is 55.0 Å². The van der Waals surface area contributed by atoms with Crippen molar-refractivity contribution >= 4 is 5.91 Å². The number of aliphatic hydroxyl groups excluding tert-OH is 1. The highest BCUT2D eigenvalue weighted by atomic mass is 16.7. The van der Waals surface area contributed by atoms with Gasteiger partial charge in [-0.1, -0.05) is 13.0 Å². The van der Waals surface area contributed by atoms with Crippen LogP contribution in [0.5, 0.6) is 11.5 Å². The summed E-state index contributed by atoms with van der Waals surface area (Å²) in [5.74, 6) is 1.60. The number of ether oxygens (including phenoxy) is 3. The summed E-state index contributed by atoms with van der Waals surface area (Å²) in [7, 11) is 1.73. The second-order valence-electron chi connectivity index (χ2n) is 13.0. The number of amides is 1. The normalized spacial score (nSPS) is 38.9. The Morgan fingerprint density at radius 2 is 2.08 bits per heavy atom. The number of hydrogen-bond donors (Lipinski definition) is 3. The molecule has 6 aliphatic rings. The van der Waals surface area contributed by atoms with E-state index < -0.39 is 17.8 Å². The van der Waals surface area contributed by atoms with Gasteiger partial charge in [-0.15, -0.1) is 0 Å². The van der Waals surface area contributed by atoms with E-state index in [1.165, 1.54) is 36.4 Å². The molecule has 1 aromatic carbocycles. The Morgan fingerprint density at radius 1 is 1.27 bits per heavy atom. The Balaban J connectivity index is 1.14. The van der Waals surface area contributed by atoms with Crippen LogP contribution in [0.25, 0.3) is 0 Å². The van der Waals surface area contributed by atoms with Crippen LogP contribution >= 0.6 is 0 Å². The van der Waals surface area contributed by atoms with Crippen LogP contribution in [0, 0.1) is 17.3 Å². The summed E-state index contributed by atoms with van der Waals surface area (Å²) in [5, 5.41) is 23.8. The predicted molar refractivity (Wildman–Crippen MR) is 142 cm³/mol. The smallest absolute Gasteiger partial charge is 0.271 e. The van der Waals surface area contributed by atoms with Gasteiger partial charge in [0.25, 0.3) is 5.91 Å². The SMILES string of the molecule is COC1[C@@H]2Oc3c(O)ccc4c3[C@@]23CCN(CC2CC2)[C@H](C4)C3C[C@@]1(C)CNC(=O)c1nccnc1C1OC1O. The minimum atomic E-state index is -0.958. The zero-order chi connectivity index (χ0) is 27.4. The molecule has 10 heteroatoms. The van der Waals surface area contributed by atoms with Gasteiger partial charge < -0.3 is 29.7 Å². The molecule has 2 bridgehead atoms. The number of piperidine rings is 1. The summed E-state index contributed by atoms with van der Waals surface area (Å²) < 4.78 is 18.1. The number of aliphatic hydroxyl groups is 1. The molecule has 212 valence electrons. The minimum absolute atomic E-state index is 0.165. The van der Waals surface area contributed by atoms with Gasteiger partial charge in [-0.3, -0.25) is 14.7 Å². The zero-order valence-electron chi connectivity index (χ0n) is 22.9. The van der Waals surface area contributed by atoms with Crippen LogP contribution in [-0.4, -0.2) is 82.3 Å². The number of aromatic hydroxyl groups is 1. The van der Waals surface area contributed by atoms with Crippen LogP contribution in [0.1, 0.15) is 66.0 Å². The van der Waals surface area contributed by atoms with Crippen molar-refractivity contribution in [3.8, 4) is 11.5 Å². The maximum Gasteiger partial charge on any atom is 0.271 e. The Hall–Kier alpha value is -2.79. The average molecular weight is 549 g/mol. The number of benzene rings is 1. The summed E-state index contributed by atoms with van der Waals surface area (Å²) >= 11 is 0. The second kappa shape index (κ2) is 8.61. The van der Waals surface area contributed by atoms with Gasteiger partial charge in [-0.25, -0.2) is 4.98 Å². The fourth-order valence-corrected chi connectivity index (χ4v) is 8.70. The Labute approximate surface area is 233 Å². The van der Waals surface area contributed by atoms with E-state index in [9.17, 15) is 15.0 Å². The topological polar surface area (TPSA) is 130 Å². The molecule has 4 fully saturated rings. The molecule has 8 atom stereocenters. The molecule has 4 heterocycles. The number of aromatic nitrogens is 2. The van der Waals surface area contributed by atoms with Crippen molar-refractivity contribution in [1.82, 2.24) is 20.2 Å². The van der Waals surface area contributed by atoms with Crippen LogP contribution < -0.4 is 10.1 Å². The van der Waals surface area contributed by atoms with Crippen molar-refractivity contribution in [2.45, 2.75) is 75.1 Å². The largest absolute Gasteiger partial charge is 0.504 e. The maximum atomic E-state index is 13.4. The molecule has 4 unspecified atom stereocenters. The molecule has 0 radical (unpaired) electrons. The lowest BCUT2D eigenvalue weighted by Crippen LogP contribution is -2.71. The average Bonchev–Trinajstić information content (AvgIpc) is 3.87. The lowest BCUT2D eigenvalue weighted by atomic mass is 9.47. The summed E-state index contributed by atoms with van der Waals surface area (Å²) in [4.78, 5) is 24.6. The number of carbonyl (C=O) groups is 1. The number of nitrogens with zero attached hydrogens (tertiary/aromatic N) is 3. The van der Waals surface area contributed by atoms with Crippen LogP contribution in [0.3, 0.4) is 0 Å². The first-order valence-electron chi connectivity index (χ1n) is 14.6. The van der Waals surface area contributed by atoms with Crippen LogP contribution in [-0.2, 0) is 21.3 Å². The molecular formula is C30H36N4O6. The number of methoxy groups -OCH3 is 1. The first-order chi connectivity index (χ1) is 19.3. The summed E-state index contributed by atoms with van der Waals surface area (Å²) in [5.41, 5.74) is 2.36. The van der Waals surface area contributed by atoms with Gasteiger partial charge in [0.05, 0.1) is 0 Å². The standard InChI is InChI=1S/C30H36N4O6/c1-29(14-33-27(36)22-21(24-28(37)40-24)31-8-9-32-22)12-17-18-11-16-5-6-19(35)23-20(16)30(17,26(39-23)25(29)38-2)7-10-34(18)13-15-3-4-15/h5-6,8-9,15,17-18,24-26,28,35,37H,3-4,7,10-14H2,1-2H3,(H,33,36)/t17?,18-,24?,25?,26+,28?,29+,30+/m1/s1. The molecule has 10 nitrogen and oxygen atoms in total. The third-order valence-corrected chi connectivity index (χ3v) is 10.7. The number of epoxide rings is 1. The van der Waals surface area contributed by atoms with Gasteiger partial charge in [0.2, 0.25) is 0 Å². The van der Waals surface area contributed by atoms with Gasteiger partial charge in [-0.2, -0.15) is 0 Å². The molecule has 1 aromatic heterocycles. The number of rotatable bonds is 7. The van der Waals surface area contributed by atoms with Gasteiger partial charge in [0.1, 0.15) is 17.9 Å². The van der Waals surface area contributed by atoms with E-state index in [0.717, 1.165) is 38.3 Å². The summed E-state index contributed by atoms with van der Waals surface area (Å²) in [6.07, 6.45) is 6.26. The van der Waals surface area contributed by atoms with Crippen molar-refractivity contribution in [2.75, 3.05) is 26.7 Å². The molecule has 3 aliphatic carbocycles. The molecule has 1 spiro atoms. The van der Waals surface area contributed by atoms with E-state index in [4.69, 9.17) is 14.2 Å². The van der Waals surface area contributed by atoms with Crippen molar-refractivity contribution in [1.29, 1.82) is 0 Å². The fraction of sp³-hybridized carbons (Fsp3) is 0.633. The summed E-state index contributed by atoms with van der Waals surface area (Å²) in [6, 6.07) is 4.26. The first kappa shape index (κ1) is 25.0. The zero-order valence-corrected chi connectivity index (χ0v) is 22.9. The second-order valence-corrected chi connectivity index (χ2v) is 13.0. The Morgan fingerprint density at radius 3 is 2.83 bits per heavy atom. The Kier molecular flexibility index (Phi) is 5.37. The third kappa shape index (κ3) is 3.45. The van der Waals surface area contributed by atoms with Crippen molar-refractivity contribution in [2.24, 2.45) is 17.3 Å². The lowest BCUT2D eigenvalue weighted by molar-refractivity contribution is -0.171. The number of phenolic OH excluding ortho intramolecular Hbond substituents is 1. The quantitative estimate of drug-likeness (QED) is 0.446. The monoisotopic (exact) mass is 548 g/mol. The number of carbonyl (C=O) groups excluding carboxylic acids is 1. The highest BCUT2D eigenvalue weighted by molar-refractivity contribution is 5.93. The molecule has 2 aromatic rings. The number of likely N-dealkylation sites (tertiary alicyclic amines) is 1. The first-order valence-corrected chi connectivity index (χ1v) is 14.6. The molecule has 2 saturated carbocycles. The van der Waals surface area contributed by atoms with E-state index in [0.29, 0.717) is 29.9 Å².